The first-order chi connectivity index (χ1) is 14.7. The number of carbonyl (C=O) groups excluding carboxylic acids is 2. The smallest absolute Gasteiger partial charge is 0.255 e. The number of carbonyl (C=O) groups is 2. The summed E-state index contributed by atoms with van der Waals surface area (Å²) in [4.78, 5) is 25.1. The van der Waals surface area contributed by atoms with Crippen LogP contribution in [0.4, 0.5) is 0 Å². The van der Waals surface area contributed by atoms with E-state index in [4.69, 9.17) is 4.74 Å². The molecule has 2 amide bonds. The van der Waals surface area contributed by atoms with E-state index < -0.39 is 0 Å². The van der Waals surface area contributed by atoms with Gasteiger partial charge in [0.1, 0.15) is 11.4 Å². The van der Waals surface area contributed by atoms with Gasteiger partial charge in [-0.1, -0.05) is 29.8 Å². The number of aromatic nitrogens is 2. The molecule has 2 aromatic carbocycles. The predicted molar refractivity (Wildman–Crippen MR) is 121 cm³/mol. The Morgan fingerprint density at radius 1 is 1.10 bits per heavy atom. The Bertz CT molecular complexity index is 1080. The maximum Gasteiger partial charge on any atom is 0.255 e. The summed E-state index contributed by atoms with van der Waals surface area (Å²) in [7, 11) is 1.59. The summed E-state index contributed by atoms with van der Waals surface area (Å²) in [6.45, 7) is 7.55. The summed E-state index contributed by atoms with van der Waals surface area (Å²) in [5, 5.41) is 10.2. The van der Waals surface area contributed by atoms with Gasteiger partial charge in [-0.15, -0.1) is 0 Å². The Morgan fingerprint density at radius 3 is 2.45 bits per heavy atom. The molecule has 0 fully saturated rings. The van der Waals surface area contributed by atoms with Crippen LogP contribution in [0.2, 0.25) is 0 Å². The number of methoxy groups -OCH3 is 1. The molecule has 7 heteroatoms. The fraction of sp³-hybridized carbons (Fsp3) is 0.292. The lowest BCUT2D eigenvalue weighted by molar-refractivity contribution is -0.121. The number of nitrogens with zero attached hydrogens (tertiary/aromatic N) is 2. The second-order valence-electron chi connectivity index (χ2n) is 8.38. The molecule has 7 nitrogen and oxygen atoms in total. The second-order valence-corrected chi connectivity index (χ2v) is 8.38. The van der Waals surface area contributed by atoms with Gasteiger partial charge in [0.15, 0.2) is 0 Å². The van der Waals surface area contributed by atoms with Crippen molar-refractivity contribution in [2.24, 2.45) is 0 Å². The van der Waals surface area contributed by atoms with Gasteiger partial charge in [-0.3, -0.25) is 9.59 Å². The van der Waals surface area contributed by atoms with Gasteiger partial charge in [0.2, 0.25) is 5.91 Å². The number of aryl methyl sites for hydroxylation is 1. The van der Waals surface area contributed by atoms with Gasteiger partial charge in [-0.2, -0.15) is 5.10 Å². The molecule has 0 radical (unpaired) electrons. The van der Waals surface area contributed by atoms with E-state index in [1.807, 2.05) is 76.2 Å². The predicted octanol–water partition coefficient (Wildman–Crippen LogP) is 3.50. The largest absolute Gasteiger partial charge is 0.497 e. The molecule has 0 unspecified atom stereocenters. The highest BCUT2D eigenvalue weighted by Crippen LogP contribution is 2.27. The molecule has 0 aliphatic carbocycles. The molecule has 162 valence electrons. The highest BCUT2D eigenvalue weighted by atomic mass is 16.5. The molecule has 0 saturated heterocycles. The van der Waals surface area contributed by atoms with Crippen LogP contribution in [0.25, 0.3) is 16.9 Å². The maximum atomic E-state index is 13.0. The van der Waals surface area contributed by atoms with E-state index in [2.05, 4.69) is 15.7 Å². The number of hydrogen-bond acceptors (Lipinski definition) is 4. The molecule has 0 aliphatic heterocycles. The molecule has 3 rings (SSSR count). The molecule has 3 aromatic rings. The van der Waals surface area contributed by atoms with Crippen molar-refractivity contribution in [3.63, 3.8) is 0 Å². The molecule has 2 N–H and O–H groups in total. The van der Waals surface area contributed by atoms with Gasteiger partial charge >= 0.3 is 0 Å². The van der Waals surface area contributed by atoms with Crippen molar-refractivity contribution in [2.75, 3.05) is 13.7 Å². The summed E-state index contributed by atoms with van der Waals surface area (Å²) in [5.41, 5.74) is 3.22. The van der Waals surface area contributed by atoms with Crippen molar-refractivity contribution < 1.29 is 14.3 Å². The molecule has 31 heavy (non-hydrogen) atoms. The van der Waals surface area contributed by atoms with Gasteiger partial charge in [0, 0.05) is 17.3 Å². The maximum absolute atomic E-state index is 13.0. The van der Waals surface area contributed by atoms with Crippen LogP contribution in [0.15, 0.2) is 54.7 Å². The number of nitrogens with one attached hydrogen (secondary N) is 2. The van der Waals surface area contributed by atoms with E-state index in [9.17, 15) is 9.59 Å². The number of benzene rings is 2. The fourth-order valence-electron chi connectivity index (χ4n) is 3.07. The first-order valence-corrected chi connectivity index (χ1v) is 10.1. The number of ether oxygens (including phenoxy) is 1. The molecule has 0 aliphatic rings. The Morgan fingerprint density at radius 2 is 1.81 bits per heavy atom. The quantitative estimate of drug-likeness (QED) is 0.639. The van der Waals surface area contributed by atoms with Crippen LogP contribution in [0.5, 0.6) is 5.75 Å². The summed E-state index contributed by atoms with van der Waals surface area (Å²) in [6.07, 6.45) is 1.68. The lowest BCUT2D eigenvalue weighted by Gasteiger charge is -2.20. The van der Waals surface area contributed by atoms with E-state index in [0.717, 1.165) is 16.8 Å². The van der Waals surface area contributed by atoms with Crippen molar-refractivity contribution in [1.82, 2.24) is 20.4 Å². The molecule has 1 aromatic heterocycles. The van der Waals surface area contributed by atoms with Gasteiger partial charge in [0.25, 0.3) is 5.91 Å². The van der Waals surface area contributed by atoms with Crippen LogP contribution >= 0.6 is 0 Å². The lowest BCUT2D eigenvalue weighted by atomic mass is 10.1. The van der Waals surface area contributed by atoms with E-state index >= 15 is 0 Å². The zero-order valence-electron chi connectivity index (χ0n) is 18.5. The minimum absolute atomic E-state index is 0.122. The minimum Gasteiger partial charge on any atom is -0.497 e. The highest BCUT2D eigenvalue weighted by molar-refractivity contribution is 6.01. The van der Waals surface area contributed by atoms with Crippen molar-refractivity contribution in [3.8, 4) is 22.7 Å². The average Bonchev–Trinajstić information content (AvgIpc) is 3.17. The van der Waals surface area contributed by atoms with E-state index in [0.29, 0.717) is 17.0 Å². The Labute approximate surface area is 182 Å². The monoisotopic (exact) mass is 420 g/mol. The van der Waals surface area contributed by atoms with Crippen LogP contribution in [0.3, 0.4) is 0 Å². The van der Waals surface area contributed by atoms with E-state index in [1.54, 1.807) is 18.0 Å². The van der Waals surface area contributed by atoms with Gasteiger partial charge < -0.3 is 15.4 Å². The minimum atomic E-state index is -0.375. The first kappa shape index (κ1) is 22.1. The zero-order valence-corrected chi connectivity index (χ0v) is 18.5. The third kappa shape index (κ3) is 5.72. The topological polar surface area (TPSA) is 85.2 Å². The molecular formula is C24H28N4O3. The first-order valence-electron chi connectivity index (χ1n) is 10.1. The van der Waals surface area contributed by atoms with E-state index in [-0.39, 0.29) is 23.9 Å². The summed E-state index contributed by atoms with van der Waals surface area (Å²) in [6, 6.07) is 15.2. The third-order valence-electron chi connectivity index (χ3n) is 4.52. The summed E-state index contributed by atoms with van der Waals surface area (Å²) < 4.78 is 6.98. The molecule has 0 spiro atoms. The Kier molecular flexibility index (Phi) is 6.44. The second kappa shape index (κ2) is 9.04. The van der Waals surface area contributed by atoms with Gasteiger partial charge in [-0.05, 0) is 52.0 Å². The third-order valence-corrected chi connectivity index (χ3v) is 4.52. The molecular weight excluding hydrogens is 392 g/mol. The van der Waals surface area contributed by atoms with Gasteiger partial charge in [0.05, 0.1) is 24.9 Å². The van der Waals surface area contributed by atoms with Crippen LogP contribution in [-0.4, -0.2) is 40.8 Å². The molecule has 0 saturated carbocycles. The Balaban J connectivity index is 1.94. The standard InChI is InChI=1S/C24H28N4O3/c1-16-9-11-18(12-10-16)28-15-20(23(30)25-14-21(29)26-24(2,3)4)22(27-28)17-7-6-8-19(13-17)31-5/h6-13,15H,14H2,1-5H3,(H,25,30)(H,26,29). The van der Waals surface area contributed by atoms with Crippen molar-refractivity contribution in [1.29, 1.82) is 0 Å². The summed E-state index contributed by atoms with van der Waals surface area (Å²) in [5.74, 6) is 0.0354. The SMILES string of the molecule is COc1cccc(-c2nn(-c3ccc(C)cc3)cc2C(=O)NCC(=O)NC(C)(C)C)c1. The van der Waals surface area contributed by atoms with Gasteiger partial charge in [-0.25, -0.2) is 4.68 Å². The van der Waals surface area contributed by atoms with Crippen molar-refractivity contribution >= 4 is 11.8 Å². The summed E-state index contributed by atoms with van der Waals surface area (Å²) >= 11 is 0. The van der Waals surface area contributed by atoms with Crippen LogP contribution < -0.4 is 15.4 Å². The Hall–Kier alpha value is -3.61. The highest BCUT2D eigenvalue weighted by Gasteiger charge is 2.21. The van der Waals surface area contributed by atoms with Crippen LogP contribution in [0.1, 0.15) is 36.7 Å². The van der Waals surface area contributed by atoms with Crippen LogP contribution in [0, 0.1) is 6.92 Å². The number of rotatable bonds is 6. The van der Waals surface area contributed by atoms with Crippen molar-refractivity contribution in [3.05, 3.63) is 65.9 Å². The van der Waals surface area contributed by atoms with Crippen molar-refractivity contribution in [2.45, 2.75) is 33.2 Å². The number of amides is 2. The number of hydrogen-bond donors (Lipinski definition) is 2. The van der Waals surface area contributed by atoms with Crippen LogP contribution in [-0.2, 0) is 4.79 Å². The normalized spacial score (nSPS) is 11.1. The average molecular weight is 421 g/mol. The molecule has 0 atom stereocenters. The zero-order chi connectivity index (χ0) is 22.6. The van der Waals surface area contributed by atoms with E-state index in [1.165, 1.54) is 0 Å². The molecule has 1 heterocycles. The lowest BCUT2D eigenvalue weighted by Crippen LogP contribution is -2.45. The fourth-order valence-corrected chi connectivity index (χ4v) is 3.07. The molecule has 0 bridgehead atoms.